The summed E-state index contributed by atoms with van der Waals surface area (Å²) in [4.78, 5) is 11.8. The minimum absolute atomic E-state index is 0.0113. The smallest absolute Gasteiger partial charge is 0.221 e. The van der Waals surface area contributed by atoms with Gasteiger partial charge in [0.25, 0.3) is 0 Å². The second-order valence-electron chi connectivity index (χ2n) is 4.94. The quantitative estimate of drug-likeness (QED) is 0.729. The van der Waals surface area contributed by atoms with Crippen molar-refractivity contribution in [1.82, 2.24) is 5.32 Å². The minimum Gasteiger partial charge on any atom is -0.377 e. The van der Waals surface area contributed by atoms with Crippen LogP contribution in [-0.2, 0) is 22.7 Å². The van der Waals surface area contributed by atoms with Gasteiger partial charge in [0.15, 0.2) is 0 Å². The average Bonchev–Trinajstić information content (AvgIpc) is 2.44. The highest BCUT2D eigenvalue weighted by atomic mass is 16.5. The van der Waals surface area contributed by atoms with Crippen molar-refractivity contribution in [2.24, 2.45) is 5.73 Å². The first-order valence-electron chi connectivity index (χ1n) is 7.34. The van der Waals surface area contributed by atoms with E-state index in [2.05, 4.69) is 12.2 Å². The van der Waals surface area contributed by atoms with E-state index >= 15 is 0 Å². The zero-order chi connectivity index (χ0) is 14.8. The van der Waals surface area contributed by atoms with E-state index in [0.29, 0.717) is 26.2 Å². The maximum atomic E-state index is 11.8. The van der Waals surface area contributed by atoms with Crippen LogP contribution in [0.4, 0.5) is 0 Å². The molecule has 0 radical (unpaired) electrons. The van der Waals surface area contributed by atoms with Crippen molar-refractivity contribution in [3.05, 3.63) is 35.4 Å². The summed E-state index contributed by atoms with van der Waals surface area (Å²) in [6.07, 6.45) is 2.28. The molecule has 4 nitrogen and oxygen atoms in total. The predicted molar refractivity (Wildman–Crippen MR) is 81.1 cm³/mol. The summed E-state index contributed by atoms with van der Waals surface area (Å²) in [6, 6.07) is 7.95. The first-order valence-corrected chi connectivity index (χ1v) is 7.34. The van der Waals surface area contributed by atoms with Gasteiger partial charge in [-0.2, -0.15) is 0 Å². The van der Waals surface area contributed by atoms with Gasteiger partial charge in [0.1, 0.15) is 0 Å². The third kappa shape index (κ3) is 6.17. The topological polar surface area (TPSA) is 64.4 Å². The molecule has 20 heavy (non-hydrogen) atoms. The van der Waals surface area contributed by atoms with Crippen molar-refractivity contribution < 1.29 is 9.53 Å². The normalized spacial score (nSPS) is 12.2. The van der Waals surface area contributed by atoms with E-state index in [1.165, 1.54) is 0 Å². The van der Waals surface area contributed by atoms with Gasteiger partial charge < -0.3 is 15.8 Å². The van der Waals surface area contributed by atoms with E-state index in [1.807, 2.05) is 31.2 Å². The van der Waals surface area contributed by atoms with Gasteiger partial charge in [-0.05, 0) is 24.5 Å². The molecule has 0 aliphatic rings. The van der Waals surface area contributed by atoms with Crippen LogP contribution < -0.4 is 11.1 Å². The lowest BCUT2D eigenvalue weighted by Gasteiger charge is -2.13. The number of benzene rings is 1. The molecule has 3 N–H and O–H groups in total. The molecule has 1 aromatic rings. The summed E-state index contributed by atoms with van der Waals surface area (Å²) in [5, 5.41) is 2.93. The van der Waals surface area contributed by atoms with Gasteiger partial charge >= 0.3 is 0 Å². The Bertz CT molecular complexity index is 407. The molecule has 1 amide bonds. The zero-order valence-electron chi connectivity index (χ0n) is 12.5. The summed E-state index contributed by atoms with van der Waals surface area (Å²) < 4.78 is 5.43. The van der Waals surface area contributed by atoms with Crippen LogP contribution in [0.1, 0.15) is 44.2 Å². The molecule has 1 rings (SSSR count). The van der Waals surface area contributed by atoms with Crippen LogP contribution in [0.5, 0.6) is 0 Å². The lowest BCUT2D eigenvalue weighted by atomic mass is 10.1. The van der Waals surface area contributed by atoms with Crippen molar-refractivity contribution in [3.63, 3.8) is 0 Å². The number of carbonyl (C=O) groups is 1. The Kier molecular flexibility index (Phi) is 7.92. The number of hydrogen-bond acceptors (Lipinski definition) is 3. The molecule has 0 aliphatic carbocycles. The second kappa shape index (κ2) is 9.50. The number of hydrogen-bond donors (Lipinski definition) is 2. The molecular weight excluding hydrogens is 252 g/mol. The Labute approximate surface area is 121 Å². The third-order valence-electron chi connectivity index (χ3n) is 3.16. The van der Waals surface area contributed by atoms with Gasteiger partial charge in [-0.1, -0.05) is 37.6 Å². The Balaban J connectivity index is 2.46. The number of ether oxygens (including phenoxy) is 1. The fourth-order valence-corrected chi connectivity index (χ4v) is 2.06. The summed E-state index contributed by atoms with van der Waals surface area (Å²) in [5.74, 6) is 0.0113. The van der Waals surface area contributed by atoms with E-state index in [1.54, 1.807) is 0 Å². The van der Waals surface area contributed by atoms with E-state index in [0.717, 1.165) is 24.0 Å². The van der Waals surface area contributed by atoms with Gasteiger partial charge in [-0.3, -0.25) is 4.79 Å². The number of amides is 1. The Hall–Kier alpha value is -1.39. The molecule has 4 heteroatoms. The minimum atomic E-state index is -0.0429. The van der Waals surface area contributed by atoms with Crippen LogP contribution in [0.3, 0.4) is 0 Å². The highest BCUT2D eigenvalue weighted by Gasteiger charge is 2.09. The summed E-state index contributed by atoms with van der Waals surface area (Å²) in [6.45, 7) is 5.84. The van der Waals surface area contributed by atoms with Crippen LogP contribution in [0.2, 0.25) is 0 Å². The van der Waals surface area contributed by atoms with Gasteiger partial charge in [-0.15, -0.1) is 0 Å². The third-order valence-corrected chi connectivity index (χ3v) is 3.16. The van der Waals surface area contributed by atoms with E-state index in [-0.39, 0.29) is 11.9 Å². The fraction of sp³-hybridized carbons (Fsp3) is 0.562. The van der Waals surface area contributed by atoms with E-state index < -0.39 is 0 Å². The fourth-order valence-electron chi connectivity index (χ4n) is 2.06. The van der Waals surface area contributed by atoms with Crippen molar-refractivity contribution >= 4 is 5.91 Å². The lowest BCUT2D eigenvalue weighted by molar-refractivity contribution is -0.121. The van der Waals surface area contributed by atoms with Gasteiger partial charge in [0.2, 0.25) is 5.91 Å². The number of carbonyl (C=O) groups excluding carboxylic acids is 1. The SMILES string of the molecule is CCCC(N)CC(=O)NCc1ccccc1COCC. The van der Waals surface area contributed by atoms with Crippen molar-refractivity contribution in [2.45, 2.75) is 52.3 Å². The largest absolute Gasteiger partial charge is 0.377 e. The molecule has 1 aromatic carbocycles. The average molecular weight is 278 g/mol. The molecule has 112 valence electrons. The van der Waals surface area contributed by atoms with Crippen molar-refractivity contribution in [3.8, 4) is 0 Å². The number of nitrogens with two attached hydrogens (primary N) is 1. The predicted octanol–water partition coefficient (Wildman–Crippen LogP) is 2.36. The Morgan fingerprint density at radius 3 is 2.65 bits per heavy atom. The highest BCUT2D eigenvalue weighted by molar-refractivity contribution is 5.76. The monoisotopic (exact) mass is 278 g/mol. The highest BCUT2D eigenvalue weighted by Crippen LogP contribution is 2.10. The first-order chi connectivity index (χ1) is 9.67. The molecule has 0 aromatic heterocycles. The second-order valence-corrected chi connectivity index (χ2v) is 4.94. The summed E-state index contributed by atoms with van der Waals surface area (Å²) >= 11 is 0. The van der Waals surface area contributed by atoms with Crippen LogP contribution in [0.15, 0.2) is 24.3 Å². The van der Waals surface area contributed by atoms with Crippen LogP contribution in [0, 0.1) is 0 Å². The van der Waals surface area contributed by atoms with Gasteiger partial charge in [0, 0.05) is 25.6 Å². The zero-order valence-corrected chi connectivity index (χ0v) is 12.5. The molecule has 1 atom stereocenters. The molecule has 0 heterocycles. The molecule has 0 saturated carbocycles. The molecule has 1 unspecified atom stereocenters. The molecule has 0 saturated heterocycles. The summed E-state index contributed by atoms with van der Waals surface area (Å²) in [7, 11) is 0. The Morgan fingerprint density at radius 2 is 2.00 bits per heavy atom. The molecule has 0 spiro atoms. The maximum absolute atomic E-state index is 11.8. The van der Waals surface area contributed by atoms with Crippen LogP contribution >= 0.6 is 0 Å². The number of rotatable bonds is 9. The van der Waals surface area contributed by atoms with Crippen LogP contribution in [-0.4, -0.2) is 18.6 Å². The van der Waals surface area contributed by atoms with Crippen molar-refractivity contribution in [2.75, 3.05) is 6.61 Å². The van der Waals surface area contributed by atoms with Crippen LogP contribution in [0.25, 0.3) is 0 Å². The van der Waals surface area contributed by atoms with Gasteiger partial charge in [-0.25, -0.2) is 0 Å². The molecule has 0 aliphatic heterocycles. The maximum Gasteiger partial charge on any atom is 0.221 e. The first kappa shape index (κ1) is 16.7. The Morgan fingerprint density at radius 1 is 1.30 bits per heavy atom. The van der Waals surface area contributed by atoms with E-state index in [4.69, 9.17) is 10.5 Å². The van der Waals surface area contributed by atoms with Gasteiger partial charge in [0.05, 0.1) is 6.61 Å². The number of nitrogens with one attached hydrogen (secondary N) is 1. The molecule has 0 bridgehead atoms. The molecular formula is C16H26N2O2. The van der Waals surface area contributed by atoms with Crippen molar-refractivity contribution in [1.29, 1.82) is 0 Å². The lowest BCUT2D eigenvalue weighted by Crippen LogP contribution is -2.31. The van der Waals surface area contributed by atoms with E-state index in [9.17, 15) is 4.79 Å². The summed E-state index contributed by atoms with van der Waals surface area (Å²) in [5.41, 5.74) is 8.08. The standard InChI is InChI=1S/C16H26N2O2/c1-3-7-15(17)10-16(19)18-11-13-8-5-6-9-14(13)12-20-4-2/h5-6,8-9,15H,3-4,7,10-12,17H2,1-2H3,(H,18,19). The molecule has 0 fully saturated rings.